The molecule has 0 amide bonds. The maximum atomic E-state index is 5.81. The summed E-state index contributed by atoms with van der Waals surface area (Å²) in [5.41, 5.74) is 2.39. The molecule has 0 aliphatic rings. The molecule has 1 N–H and O–H groups in total. The predicted octanol–water partition coefficient (Wildman–Crippen LogP) is 4.16. The number of aryl methyl sites for hydroxylation is 1. The van der Waals surface area contributed by atoms with Gasteiger partial charge >= 0.3 is 0 Å². The highest BCUT2D eigenvalue weighted by molar-refractivity contribution is 7.10. The van der Waals surface area contributed by atoms with E-state index in [1.807, 2.05) is 13.0 Å². The van der Waals surface area contributed by atoms with Crippen LogP contribution in [0.25, 0.3) is 0 Å². The van der Waals surface area contributed by atoms with Crippen LogP contribution in [0.1, 0.15) is 35.9 Å². The van der Waals surface area contributed by atoms with Crippen molar-refractivity contribution in [3.8, 4) is 11.5 Å². The molecule has 2 rings (SSSR count). The third kappa shape index (κ3) is 3.57. The van der Waals surface area contributed by atoms with E-state index in [1.165, 1.54) is 16.0 Å². The van der Waals surface area contributed by atoms with Gasteiger partial charge in [-0.1, -0.05) is 24.6 Å². The minimum Gasteiger partial charge on any atom is -0.496 e. The first kappa shape index (κ1) is 15.9. The first-order chi connectivity index (χ1) is 10.2. The fraction of sp³-hybridized carbons (Fsp3) is 0.412. The summed E-state index contributed by atoms with van der Waals surface area (Å²) < 4.78 is 11.3. The van der Waals surface area contributed by atoms with E-state index in [2.05, 4.69) is 42.7 Å². The van der Waals surface area contributed by atoms with E-state index in [0.29, 0.717) is 6.61 Å². The van der Waals surface area contributed by atoms with Gasteiger partial charge in [0.05, 0.1) is 24.6 Å². The van der Waals surface area contributed by atoms with Gasteiger partial charge in [0.15, 0.2) is 0 Å². The number of hydrogen-bond donors (Lipinski definition) is 1. The molecule has 1 heterocycles. The van der Waals surface area contributed by atoms with Crippen molar-refractivity contribution in [3.63, 3.8) is 0 Å². The molecule has 0 aliphatic heterocycles. The molecule has 1 aromatic carbocycles. The molecule has 2 aromatic rings. The largest absolute Gasteiger partial charge is 0.496 e. The predicted molar refractivity (Wildman–Crippen MR) is 88.7 cm³/mol. The van der Waals surface area contributed by atoms with Crippen LogP contribution in [-0.4, -0.2) is 20.3 Å². The molecule has 0 spiro atoms. The van der Waals surface area contributed by atoms with Crippen molar-refractivity contribution in [2.24, 2.45) is 0 Å². The highest BCUT2D eigenvalue weighted by Gasteiger charge is 2.22. The van der Waals surface area contributed by atoms with Crippen LogP contribution >= 0.6 is 11.3 Å². The van der Waals surface area contributed by atoms with Gasteiger partial charge in [-0.15, -0.1) is 11.3 Å². The second-order valence-electron chi connectivity index (χ2n) is 4.82. The third-order valence-corrected chi connectivity index (χ3v) is 4.29. The van der Waals surface area contributed by atoms with Crippen molar-refractivity contribution in [3.05, 3.63) is 45.6 Å². The van der Waals surface area contributed by atoms with Crippen LogP contribution in [0.4, 0.5) is 0 Å². The lowest BCUT2D eigenvalue weighted by molar-refractivity contribution is 0.333. The van der Waals surface area contributed by atoms with Gasteiger partial charge in [0, 0.05) is 5.56 Å². The lowest BCUT2D eigenvalue weighted by Crippen LogP contribution is -2.22. The lowest BCUT2D eigenvalue weighted by atomic mass is 10.0. The zero-order valence-corrected chi connectivity index (χ0v) is 13.9. The van der Waals surface area contributed by atoms with E-state index in [0.717, 1.165) is 18.0 Å². The van der Waals surface area contributed by atoms with Crippen molar-refractivity contribution in [2.75, 3.05) is 20.3 Å². The molecule has 0 saturated heterocycles. The molecule has 4 heteroatoms. The average Bonchev–Trinajstić information content (AvgIpc) is 2.95. The van der Waals surface area contributed by atoms with E-state index in [1.54, 1.807) is 18.4 Å². The molecule has 0 bridgehead atoms. The summed E-state index contributed by atoms with van der Waals surface area (Å²) >= 11 is 1.71. The van der Waals surface area contributed by atoms with E-state index in [4.69, 9.17) is 9.47 Å². The lowest BCUT2D eigenvalue weighted by Gasteiger charge is -2.22. The Bertz CT molecular complexity index is 580. The third-order valence-electron chi connectivity index (χ3n) is 3.32. The summed E-state index contributed by atoms with van der Waals surface area (Å²) in [7, 11) is 1.72. The normalized spacial score (nSPS) is 12.2. The van der Waals surface area contributed by atoms with Crippen LogP contribution in [-0.2, 0) is 0 Å². The maximum Gasteiger partial charge on any atom is 0.134 e. The van der Waals surface area contributed by atoms with Crippen LogP contribution in [0, 0.1) is 6.92 Å². The molecule has 114 valence electrons. The average molecular weight is 305 g/mol. The van der Waals surface area contributed by atoms with Crippen molar-refractivity contribution < 1.29 is 9.47 Å². The zero-order chi connectivity index (χ0) is 15.2. The van der Waals surface area contributed by atoms with E-state index in [-0.39, 0.29) is 6.04 Å². The zero-order valence-electron chi connectivity index (χ0n) is 13.1. The molecule has 1 aromatic heterocycles. The second-order valence-corrected chi connectivity index (χ2v) is 5.77. The topological polar surface area (TPSA) is 30.5 Å². The van der Waals surface area contributed by atoms with Crippen molar-refractivity contribution in [1.82, 2.24) is 5.32 Å². The molecule has 0 radical (unpaired) electrons. The molecule has 0 aliphatic carbocycles. The summed E-state index contributed by atoms with van der Waals surface area (Å²) in [5, 5.41) is 5.62. The minimum absolute atomic E-state index is 0.0893. The summed E-state index contributed by atoms with van der Waals surface area (Å²) in [6.45, 7) is 7.77. The fourth-order valence-corrected chi connectivity index (χ4v) is 3.37. The molecule has 1 atom stereocenters. The van der Waals surface area contributed by atoms with Gasteiger partial charge in [-0.3, -0.25) is 0 Å². The quantitative estimate of drug-likeness (QED) is 0.833. The number of benzene rings is 1. The highest BCUT2D eigenvalue weighted by Crippen LogP contribution is 2.38. The SMILES string of the molecule is CCNC(c1cc(C)ccc1OCC)c1sccc1OC. The van der Waals surface area contributed by atoms with Crippen LogP contribution in [0.15, 0.2) is 29.6 Å². The van der Waals surface area contributed by atoms with E-state index < -0.39 is 0 Å². The van der Waals surface area contributed by atoms with Gasteiger partial charge in [0.25, 0.3) is 0 Å². The summed E-state index contributed by atoms with van der Waals surface area (Å²) in [4.78, 5) is 1.19. The van der Waals surface area contributed by atoms with Gasteiger partial charge in [-0.05, 0) is 37.9 Å². The Hall–Kier alpha value is -1.52. The molecule has 1 unspecified atom stereocenters. The molecule has 21 heavy (non-hydrogen) atoms. The van der Waals surface area contributed by atoms with Gasteiger partial charge < -0.3 is 14.8 Å². The van der Waals surface area contributed by atoms with Crippen molar-refractivity contribution in [2.45, 2.75) is 26.8 Å². The van der Waals surface area contributed by atoms with Crippen LogP contribution in [0.3, 0.4) is 0 Å². The maximum absolute atomic E-state index is 5.81. The Morgan fingerprint density at radius 3 is 2.67 bits per heavy atom. The Labute approximate surface area is 130 Å². The second kappa shape index (κ2) is 7.48. The van der Waals surface area contributed by atoms with Gasteiger partial charge in [0.2, 0.25) is 0 Å². The van der Waals surface area contributed by atoms with Crippen LogP contribution < -0.4 is 14.8 Å². The summed E-state index contributed by atoms with van der Waals surface area (Å²) in [6, 6.07) is 8.44. The van der Waals surface area contributed by atoms with Gasteiger partial charge in [0.1, 0.15) is 11.5 Å². The molecular formula is C17H23NO2S. The van der Waals surface area contributed by atoms with E-state index in [9.17, 15) is 0 Å². The number of hydrogen-bond acceptors (Lipinski definition) is 4. The number of methoxy groups -OCH3 is 1. The van der Waals surface area contributed by atoms with Gasteiger partial charge in [-0.25, -0.2) is 0 Å². The van der Waals surface area contributed by atoms with Crippen LogP contribution in [0.5, 0.6) is 11.5 Å². The summed E-state index contributed by atoms with van der Waals surface area (Å²) in [5.74, 6) is 1.86. The first-order valence-electron chi connectivity index (χ1n) is 7.29. The number of nitrogens with one attached hydrogen (secondary N) is 1. The molecule has 3 nitrogen and oxygen atoms in total. The monoisotopic (exact) mass is 305 g/mol. The van der Waals surface area contributed by atoms with Crippen molar-refractivity contribution in [1.29, 1.82) is 0 Å². The van der Waals surface area contributed by atoms with Crippen LogP contribution in [0.2, 0.25) is 0 Å². The first-order valence-corrected chi connectivity index (χ1v) is 8.17. The van der Waals surface area contributed by atoms with E-state index >= 15 is 0 Å². The molecule has 0 fully saturated rings. The molecule has 0 saturated carbocycles. The number of ether oxygens (including phenoxy) is 2. The number of thiophene rings is 1. The Balaban J connectivity index is 2.49. The Kier molecular flexibility index (Phi) is 5.65. The fourth-order valence-electron chi connectivity index (χ4n) is 2.42. The van der Waals surface area contributed by atoms with Crippen molar-refractivity contribution >= 4 is 11.3 Å². The standard InChI is InChI=1S/C17H23NO2S/c1-5-18-16(17-15(19-4)9-10-21-17)13-11-12(3)7-8-14(13)20-6-2/h7-11,16,18H,5-6H2,1-4H3. The minimum atomic E-state index is 0.0893. The smallest absolute Gasteiger partial charge is 0.134 e. The summed E-state index contributed by atoms with van der Waals surface area (Å²) in [6.07, 6.45) is 0. The Morgan fingerprint density at radius 2 is 2.00 bits per heavy atom. The van der Waals surface area contributed by atoms with Gasteiger partial charge in [-0.2, -0.15) is 0 Å². The number of rotatable bonds is 7. The highest BCUT2D eigenvalue weighted by atomic mass is 32.1. The Morgan fingerprint density at radius 1 is 1.19 bits per heavy atom. The molecular weight excluding hydrogens is 282 g/mol.